The SMILES string of the molecule is CCOC(=O)C1CCN(S(=O)(=O)c2ccc3c(c2)OCCCO3)CC1. The van der Waals surface area contributed by atoms with Gasteiger partial charge in [-0.05, 0) is 31.9 Å². The van der Waals surface area contributed by atoms with E-state index in [0.29, 0.717) is 57.3 Å². The Hall–Kier alpha value is -1.80. The topological polar surface area (TPSA) is 82.1 Å². The second-order valence-corrected chi connectivity index (χ2v) is 8.03. The predicted octanol–water partition coefficient (Wildman–Crippen LogP) is 1.81. The normalized spacial score (nSPS) is 19.2. The zero-order valence-corrected chi connectivity index (χ0v) is 15.1. The molecule has 0 amide bonds. The summed E-state index contributed by atoms with van der Waals surface area (Å²) in [7, 11) is -3.62. The smallest absolute Gasteiger partial charge is 0.309 e. The van der Waals surface area contributed by atoms with Gasteiger partial charge in [-0.3, -0.25) is 4.79 Å². The molecule has 0 bridgehead atoms. The van der Waals surface area contributed by atoms with Crippen LogP contribution in [0.25, 0.3) is 0 Å². The number of carbonyl (C=O) groups is 1. The Labute approximate surface area is 147 Å². The van der Waals surface area contributed by atoms with E-state index in [9.17, 15) is 13.2 Å². The van der Waals surface area contributed by atoms with Crippen molar-refractivity contribution >= 4 is 16.0 Å². The summed E-state index contributed by atoms with van der Waals surface area (Å²) in [6.45, 7) is 3.78. The van der Waals surface area contributed by atoms with E-state index < -0.39 is 10.0 Å². The molecule has 1 aromatic rings. The molecule has 1 fully saturated rings. The number of nitrogens with zero attached hydrogens (tertiary/aromatic N) is 1. The fourth-order valence-corrected chi connectivity index (χ4v) is 4.53. The summed E-state index contributed by atoms with van der Waals surface area (Å²) in [6.07, 6.45) is 1.71. The minimum atomic E-state index is -3.62. The van der Waals surface area contributed by atoms with E-state index >= 15 is 0 Å². The predicted molar refractivity (Wildman–Crippen MR) is 90.2 cm³/mol. The molecule has 0 aliphatic carbocycles. The number of hydrogen-bond acceptors (Lipinski definition) is 6. The molecule has 0 radical (unpaired) electrons. The van der Waals surface area contributed by atoms with E-state index in [1.165, 1.54) is 10.4 Å². The van der Waals surface area contributed by atoms with E-state index in [1.54, 1.807) is 19.1 Å². The van der Waals surface area contributed by atoms with Crippen molar-refractivity contribution < 1.29 is 27.4 Å². The maximum absolute atomic E-state index is 12.9. The molecule has 1 aromatic carbocycles. The maximum atomic E-state index is 12.9. The summed E-state index contributed by atoms with van der Waals surface area (Å²) < 4.78 is 43.3. The number of carbonyl (C=O) groups excluding carboxylic acids is 1. The molecule has 8 heteroatoms. The van der Waals surface area contributed by atoms with Crippen molar-refractivity contribution in [1.29, 1.82) is 0 Å². The first-order valence-electron chi connectivity index (χ1n) is 8.59. The Morgan fingerprint density at radius 1 is 1.20 bits per heavy atom. The minimum absolute atomic E-state index is 0.186. The molecular weight excluding hydrogens is 346 g/mol. The monoisotopic (exact) mass is 369 g/mol. The van der Waals surface area contributed by atoms with Crippen LogP contribution in [0.3, 0.4) is 0 Å². The van der Waals surface area contributed by atoms with Gasteiger partial charge in [-0.25, -0.2) is 8.42 Å². The molecule has 7 nitrogen and oxygen atoms in total. The van der Waals surface area contributed by atoms with Crippen molar-refractivity contribution in [3.63, 3.8) is 0 Å². The van der Waals surface area contributed by atoms with E-state index in [4.69, 9.17) is 14.2 Å². The maximum Gasteiger partial charge on any atom is 0.309 e. The second-order valence-electron chi connectivity index (χ2n) is 6.09. The third-order valence-electron chi connectivity index (χ3n) is 4.43. The number of hydrogen-bond donors (Lipinski definition) is 0. The highest BCUT2D eigenvalue weighted by molar-refractivity contribution is 7.89. The Kier molecular flexibility index (Phi) is 5.48. The Balaban J connectivity index is 1.72. The molecule has 138 valence electrons. The summed E-state index contributed by atoms with van der Waals surface area (Å²) >= 11 is 0. The molecule has 2 aliphatic rings. The van der Waals surface area contributed by atoms with E-state index in [0.717, 1.165) is 6.42 Å². The van der Waals surface area contributed by atoms with Gasteiger partial charge in [0.1, 0.15) is 0 Å². The molecule has 0 spiro atoms. The Bertz CT molecular complexity index is 725. The molecule has 3 rings (SSSR count). The number of benzene rings is 1. The van der Waals surface area contributed by atoms with E-state index in [1.807, 2.05) is 0 Å². The Morgan fingerprint density at radius 2 is 1.88 bits per heavy atom. The molecule has 1 saturated heterocycles. The summed E-state index contributed by atoms with van der Waals surface area (Å²) in [5.74, 6) is 0.558. The number of esters is 1. The molecule has 2 aliphatic heterocycles. The van der Waals surface area contributed by atoms with Crippen LogP contribution in [0.5, 0.6) is 11.5 Å². The number of sulfonamides is 1. The largest absolute Gasteiger partial charge is 0.490 e. The third-order valence-corrected chi connectivity index (χ3v) is 6.33. The first-order valence-corrected chi connectivity index (χ1v) is 10.0. The first kappa shape index (κ1) is 18.0. The number of rotatable bonds is 4. The van der Waals surface area contributed by atoms with Gasteiger partial charge in [0, 0.05) is 25.6 Å². The van der Waals surface area contributed by atoms with Gasteiger partial charge in [-0.15, -0.1) is 0 Å². The zero-order chi connectivity index (χ0) is 17.9. The lowest BCUT2D eigenvalue weighted by molar-refractivity contribution is -0.149. The number of piperidine rings is 1. The highest BCUT2D eigenvalue weighted by atomic mass is 32.2. The average Bonchev–Trinajstić information content (AvgIpc) is 2.86. The van der Waals surface area contributed by atoms with Crippen LogP contribution < -0.4 is 9.47 Å². The zero-order valence-electron chi connectivity index (χ0n) is 14.3. The van der Waals surface area contributed by atoms with Gasteiger partial charge in [0.2, 0.25) is 10.0 Å². The molecule has 0 aromatic heterocycles. The number of fused-ring (bicyclic) bond motifs is 1. The number of ether oxygens (including phenoxy) is 3. The van der Waals surface area contributed by atoms with Crippen LogP contribution in [0.1, 0.15) is 26.2 Å². The highest BCUT2D eigenvalue weighted by Gasteiger charge is 2.33. The summed E-state index contributed by atoms with van der Waals surface area (Å²) in [4.78, 5) is 12.0. The molecule has 2 heterocycles. The molecule has 0 atom stereocenters. The summed E-state index contributed by atoms with van der Waals surface area (Å²) in [5, 5.41) is 0. The van der Waals surface area contributed by atoms with Crippen LogP contribution in [0.4, 0.5) is 0 Å². The summed E-state index contributed by atoms with van der Waals surface area (Å²) in [5.41, 5.74) is 0. The van der Waals surface area contributed by atoms with Crippen LogP contribution in [0.2, 0.25) is 0 Å². The fourth-order valence-electron chi connectivity index (χ4n) is 3.05. The second kappa shape index (κ2) is 7.61. The van der Waals surface area contributed by atoms with Gasteiger partial charge in [0.15, 0.2) is 11.5 Å². The van der Waals surface area contributed by atoms with Crippen LogP contribution in [0, 0.1) is 5.92 Å². The van der Waals surface area contributed by atoms with Crippen molar-refractivity contribution in [3.8, 4) is 11.5 Å². The molecule has 25 heavy (non-hydrogen) atoms. The van der Waals surface area contributed by atoms with Gasteiger partial charge in [-0.2, -0.15) is 4.31 Å². The molecule has 0 saturated carbocycles. The molecule has 0 N–H and O–H groups in total. The van der Waals surface area contributed by atoms with Crippen molar-refractivity contribution in [2.75, 3.05) is 32.9 Å². The van der Waals surface area contributed by atoms with Crippen LogP contribution in [-0.2, 0) is 19.6 Å². The van der Waals surface area contributed by atoms with E-state index in [2.05, 4.69) is 0 Å². The molecule has 0 unspecified atom stereocenters. The van der Waals surface area contributed by atoms with Gasteiger partial charge >= 0.3 is 5.97 Å². The van der Waals surface area contributed by atoms with Crippen molar-refractivity contribution in [2.24, 2.45) is 5.92 Å². The van der Waals surface area contributed by atoms with Gasteiger partial charge in [-0.1, -0.05) is 0 Å². The minimum Gasteiger partial charge on any atom is -0.490 e. The van der Waals surface area contributed by atoms with Crippen LogP contribution >= 0.6 is 0 Å². The average molecular weight is 369 g/mol. The summed E-state index contributed by atoms with van der Waals surface area (Å²) in [6, 6.07) is 4.70. The Morgan fingerprint density at radius 3 is 2.56 bits per heavy atom. The lowest BCUT2D eigenvalue weighted by atomic mass is 9.98. The third kappa shape index (κ3) is 3.90. The molecular formula is C17H23NO6S. The van der Waals surface area contributed by atoms with Gasteiger partial charge in [0.25, 0.3) is 0 Å². The van der Waals surface area contributed by atoms with E-state index in [-0.39, 0.29) is 16.8 Å². The highest BCUT2D eigenvalue weighted by Crippen LogP contribution is 2.33. The van der Waals surface area contributed by atoms with Crippen molar-refractivity contribution in [3.05, 3.63) is 18.2 Å². The van der Waals surface area contributed by atoms with Crippen molar-refractivity contribution in [2.45, 2.75) is 31.1 Å². The quantitative estimate of drug-likeness (QED) is 0.753. The fraction of sp³-hybridized carbons (Fsp3) is 0.588. The van der Waals surface area contributed by atoms with Crippen LogP contribution in [0.15, 0.2) is 23.1 Å². The lowest BCUT2D eigenvalue weighted by Gasteiger charge is -2.30. The lowest BCUT2D eigenvalue weighted by Crippen LogP contribution is -2.40. The standard InChI is InChI=1S/C17H23NO6S/c1-2-22-17(19)13-6-8-18(9-7-13)25(20,21)14-4-5-15-16(12-14)24-11-3-10-23-15/h4-5,12-13H,2-3,6-11H2,1H3. The van der Waals surface area contributed by atoms with Crippen LogP contribution in [-0.4, -0.2) is 51.6 Å². The van der Waals surface area contributed by atoms with Crippen molar-refractivity contribution in [1.82, 2.24) is 4.31 Å². The van der Waals surface area contributed by atoms with Gasteiger partial charge < -0.3 is 14.2 Å². The first-order chi connectivity index (χ1) is 12.0. The van der Waals surface area contributed by atoms with Gasteiger partial charge in [0.05, 0.1) is 30.6 Å².